The van der Waals surface area contributed by atoms with Crippen molar-refractivity contribution in [1.82, 2.24) is 10.2 Å². The van der Waals surface area contributed by atoms with Crippen LogP contribution in [0.25, 0.3) is 0 Å². The molecule has 0 spiro atoms. The fourth-order valence-electron chi connectivity index (χ4n) is 2.13. The SMILES string of the molecule is CN(C)C(=O)c1ccc(C#CCNC(=O)CSCc2ccccc2)cc1. The number of thioether (sulfide) groups is 1. The Hall–Kier alpha value is -2.71. The van der Waals surface area contributed by atoms with Crippen LogP contribution in [-0.2, 0) is 10.5 Å². The molecule has 2 aromatic rings. The van der Waals surface area contributed by atoms with Crippen LogP contribution >= 0.6 is 11.8 Å². The Bertz CT molecular complexity index is 790. The number of rotatable bonds is 6. The second kappa shape index (κ2) is 10.3. The number of hydrogen-bond donors (Lipinski definition) is 1. The molecule has 0 radical (unpaired) electrons. The van der Waals surface area contributed by atoms with Gasteiger partial charge in [0.1, 0.15) is 0 Å². The number of nitrogens with one attached hydrogen (secondary N) is 1. The summed E-state index contributed by atoms with van der Waals surface area (Å²) in [6.07, 6.45) is 0. The second-order valence-electron chi connectivity index (χ2n) is 5.83. The summed E-state index contributed by atoms with van der Waals surface area (Å²) in [7, 11) is 3.44. The molecule has 0 fully saturated rings. The fourth-order valence-corrected chi connectivity index (χ4v) is 2.95. The van der Waals surface area contributed by atoms with Gasteiger partial charge in [-0.25, -0.2) is 0 Å². The Balaban J connectivity index is 1.71. The monoisotopic (exact) mass is 366 g/mol. The molecule has 0 saturated carbocycles. The third kappa shape index (κ3) is 6.66. The number of nitrogens with zero attached hydrogens (tertiary/aromatic N) is 1. The van der Waals surface area contributed by atoms with Gasteiger partial charge in [-0.05, 0) is 29.8 Å². The van der Waals surface area contributed by atoms with Crippen molar-refractivity contribution >= 4 is 23.6 Å². The minimum Gasteiger partial charge on any atom is -0.345 e. The van der Waals surface area contributed by atoms with Gasteiger partial charge in [0.05, 0.1) is 12.3 Å². The first-order chi connectivity index (χ1) is 12.6. The Kier molecular flexibility index (Phi) is 7.78. The Labute approximate surface area is 159 Å². The molecule has 2 aromatic carbocycles. The van der Waals surface area contributed by atoms with Crippen molar-refractivity contribution < 1.29 is 9.59 Å². The molecule has 0 saturated heterocycles. The van der Waals surface area contributed by atoms with Crippen LogP contribution in [0.1, 0.15) is 21.5 Å². The van der Waals surface area contributed by atoms with Crippen LogP contribution in [0.4, 0.5) is 0 Å². The summed E-state index contributed by atoms with van der Waals surface area (Å²) in [6.45, 7) is 0.309. The summed E-state index contributed by atoms with van der Waals surface area (Å²) in [5, 5.41) is 2.79. The highest BCUT2D eigenvalue weighted by Gasteiger charge is 2.06. The second-order valence-corrected chi connectivity index (χ2v) is 6.82. The molecule has 26 heavy (non-hydrogen) atoms. The van der Waals surface area contributed by atoms with Gasteiger partial charge < -0.3 is 10.2 Å². The van der Waals surface area contributed by atoms with Gasteiger partial charge in [0.25, 0.3) is 5.91 Å². The molecule has 0 atom stereocenters. The average molecular weight is 366 g/mol. The summed E-state index contributed by atoms with van der Waals surface area (Å²) in [6, 6.07) is 17.2. The maximum absolute atomic E-state index is 11.8. The van der Waals surface area contributed by atoms with Crippen molar-refractivity contribution in [1.29, 1.82) is 0 Å². The van der Waals surface area contributed by atoms with Gasteiger partial charge in [0, 0.05) is 31.0 Å². The van der Waals surface area contributed by atoms with E-state index in [4.69, 9.17) is 0 Å². The van der Waals surface area contributed by atoms with Crippen LogP contribution in [0.5, 0.6) is 0 Å². The number of amides is 2. The van der Waals surface area contributed by atoms with E-state index in [1.807, 2.05) is 30.3 Å². The predicted octanol–water partition coefficient (Wildman–Crippen LogP) is 2.79. The molecule has 134 valence electrons. The van der Waals surface area contributed by atoms with Gasteiger partial charge in [-0.3, -0.25) is 9.59 Å². The Morgan fingerprint density at radius 3 is 2.38 bits per heavy atom. The zero-order valence-electron chi connectivity index (χ0n) is 15.0. The number of carbonyl (C=O) groups excluding carboxylic acids is 2. The van der Waals surface area contributed by atoms with E-state index >= 15 is 0 Å². The van der Waals surface area contributed by atoms with E-state index in [9.17, 15) is 9.59 Å². The molecule has 0 aromatic heterocycles. The van der Waals surface area contributed by atoms with Crippen LogP contribution in [0.3, 0.4) is 0 Å². The number of carbonyl (C=O) groups is 2. The molecule has 5 heteroatoms. The van der Waals surface area contributed by atoms with Crippen molar-refractivity contribution in [3.05, 3.63) is 71.3 Å². The molecule has 4 nitrogen and oxygen atoms in total. The number of hydrogen-bond acceptors (Lipinski definition) is 3. The van der Waals surface area contributed by atoms with E-state index in [0.717, 1.165) is 11.3 Å². The van der Waals surface area contributed by atoms with E-state index in [0.29, 0.717) is 17.9 Å². The van der Waals surface area contributed by atoms with Crippen molar-refractivity contribution in [2.75, 3.05) is 26.4 Å². The van der Waals surface area contributed by atoms with Gasteiger partial charge in [-0.2, -0.15) is 0 Å². The van der Waals surface area contributed by atoms with Gasteiger partial charge >= 0.3 is 0 Å². The van der Waals surface area contributed by atoms with E-state index in [2.05, 4.69) is 17.2 Å². The molecule has 0 heterocycles. The van der Waals surface area contributed by atoms with Crippen LogP contribution in [0, 0.1) is 11.8 Å². The highest BCUT2D eigenvalue weighted by molar-refractivity contribution is 7.99. The normalized spacial score (nSPS) is 9.77. The van der Waals surface area contributed by atoms with Crippen molar-refractivity contribution in [3.8, 4) is 11.8 Å². The van der Waals surface area contributed by atoms with Gasteiger partial charge in [-0.1, -0.05) is 42.2 Å². The standard InChI is InChI=1S/C21H22N2O2S/c1-23(2)21(25)19-12-10-17(11-13-19)9-6-14-22-20(24)16-26-15-18-7-4-3-5-8-18/h3-5,7-8,10-13H,14-16H2,1-2H3,(H,22,24). The molecule has 2 rings (SSSR count). The van der Waals surface area contributed by atoms with Crippen molar-refractivity contribution in [2.24, 2.45) is 0 Å². The first kappa shape index (κ1) is 19.6. The summed E-state index contributed by atoms with van der Waals surface area (Å²) in [5.74, 6) is 7.08. The van der Waals surface area contributed by atoms with Crippen LogP contribution in [0.2, 0.25) is 0 Å². The van der Waals surface area contributed by atoms with E-state index in [-0.39, 0.29) is 11.8 Å². The summed E-state index contributed by atoms with van der Waals surface area (Å²) < 4.78 is 0. The lowest BCUT2D eigenvalue weighted by Gasteiger charge is -2.09. The maximum atomic E-state index is 11.8. The summed E-state index contributed by atoms with van der Waals surface area (Å²) >= 11 is 1.58. The molecular weight excluding hydrogens is 344 g/mol. The zero-order valence-corrected chi connectivity index (χ0v) is 15.8. The van der Waals surface area contributed by atoms with E-state index < -0.39 is 0 Å². The van der Waals surface area contributed by atoms with Crippen molar-refractivity contribution in [3.63, 3.8) is 0 Å². The topological polar surface area (TPSA) is 49.4 Å². The first-order valence-corrected chi connectivity index (χ1v) is 9.40. The van der Waals surface area contributed by atoms with Crippen LogP contribution in [-0.4, -0.2) is 43.1 Å². The maximum Gasteiger partial charge on any atom is 0.253 e. The van der Waals surface area contributed by atoms with Crippen LogP contribution < -0.4 is 5.32 Å². The third-order valence-corrected chi connectivity index (χ3v) is 4.49. The lowest BCUT2D eigenvalue weighted by molar-refractivity contribution is -0.118. The zero-order chi connectivity index (χ0) is 18.8. The molecular formula is C21H22N2O2S. The molecule has 0 bridgehead atoms. The minimum atomic E-state index is -0.0372. The van der Waals surface area contributed by atoms with Gasteiger partial charge in [0.15, 0.2) is 0 Å². The molecule has 0 aliphatic heterocycles. The van der Waals surface area contributed by atoms with Crippen LogP contribution in [0.15, 0.2) is 54.6 Å². The third-order valence-electron chi connectivity index (χ3n) is 3.49. The highest BCUT2D eigenvalue weighted by Crippen LogP contribution is 2.11. The molecule has 0 aliphatic rings. The quantitative estimate of drug-likeness (QED) is 0.800. The average Bonchev–Trinajstić information content (AvgIpc) is 2.66. The molecule has 0 aliphatic carbocycles. The minimum absolute atomic E-state index is 0.0211. The molecule has 1 N–H and O–H groups in total. The molecule has 2 amide bonds. The fraction of sp³-hybridized carbons (Fsp3) is 0.238. The van der Waals surface area contributed by atoms with E-state index in [1.165, 1.54) is 10.5 Å². The smallest absolute Gasteiger partial charge is 0.253 e. The Morgan fingerprint density at radius 2 is 1.73 bits per heavy atom. The number of benzene rings is 2. The summed E-state index contributed by atoms with van der Waals surface area (Å²) in [5.41, 5.74) is 2.65. The van der Waals surface area contributed by atoms with Gasteiger partial charge in [0.2, 0.25) is 5.91 Å². The van der Waals surface area contributed by atoms with Gasteiger partial charge in [-0.15, -0.1) is 11.8 Å². The molecule has 0 unspecified atom stereocenters. The lowest BCUT2D eigenvalue weighted by atomic mass is 10.1. The predicted molar refractivity (Wildman–Crippen MR) is 107 cm³/mol. The lowest BCUT2D eigenvalue weighted by Crippen LogP contribution is -2.25. The van der Waals surface area contributed by atoms with E-state index in [1.54, 1.807) is 50.1 Å². The highest BCUT2D eigenvalue weighted by atomic mass is 32.2. The Morgan fingerprint density at radius 1 is 1.04 bits per heavy atom. The summed E-state index contributed by atoms with van der Waals surface area (Å²) in [4.78, 5) is 25.1. The first-order valence-electron chi connectivity index (χ1n) is 8.25. The largest absolute Gasteiger partial charge is 0.345 e. The van der Waals surface area contributed by atoms with Crippen molar-refractivity contribution in [2.45, 2.75) is 5.75 Å².